The predicted molar refractivity (Wildman–Crippen MR) is 143 cm³/mol. The van der Waals surface area contributed by atoms with Crippen LogP contribution in [0.3, 0.4) is 0 Å². The van der Waals surface area contributed by atoms with Gasteiger partial charge < -0.3 is 15.8 Å². The number of rotatable bonds is 7. The van der Waals surface area contributed by atoms with Crippen LogP contribution in [0.2, 0.25) is 0 Å². The second kappa shape index (κ2) is 10.0. The molecule has 8 heteroatoms. The Morgan fingerprint density at radius 2 is 1.64 bits per heavy atom. The fourth-order valence-corrected chi connectivity index (χ4v) is 3.96. The second-order valence-corrected chi connectivity index (χ2v) is 7.95. The smallest absolute Gasteiger partial charge is 0.278 e. The van der Waals surface area contributed by atoms with Gasteiger partial charge in [0.15, 0.2) is 5.82 Å². The fraction of sp³-hybridized carbons (Fsp3) is 0.0357. The average molecular weight is 477 g/mol. The van der Waals surface area contributed by atoms with E-state index in [0.717, 1.165) is 27.7 Å². The zero-order chi connectivity index (χ0) is 24.9. The molecule has 0 unspecified atom stereocenters. The van der Waals surface area contributed by atoms with Crippen LogP contribution in [0, 0.1) is 0 Å². The number of nitrogens with one attached hydrogen (secondary N) is 2. The van der Waals surface area contributed by atoms with Crippen molar-refractivity contribution >= 4 is 40.2 Å². The van der Waals surface area contributed by atoms with Crippen molar-refractivity contribution in [2.75, 3.05) is 18.2 Å². The molecule has 5 rings (SSSR count). The number of nitrogens with zero attached hydrogens (tertiary/aromatic N) is 3. The number of hydrazone groups is 1. The zero-order valence-electron chi connectivity index (χ0n) is 19.6. The Morgan fingerprint density at radius 1 is 0.944 bits per heavy atom. The maximum absolute atomic E-state index is 13.3. The molecule has 1 heterocycles. The molecule has 1 amide bonds. The highest BCUT2D eigenvalue weighted by Crippen LogP contribution is 2.28. The monoisotopic (exact) mass is 476 g/mol. The molecule has 0 fully saturated rings. The fourth-order valence-electron chi connectivity index (χ4n) is 3.96. The number of nitrogen functional groups attached to an aromatic ring is 1. The first kappa shape index (κ1) is 22.7. The Balaban J connectivity index is 1.49. The molecule has 0 aliphatic heterocycles. The van der Waals surface area contributed by atoms with E-state index in [4.69, 9.17) is 10.5 Å². The van der Waals surface area contributed by atoms with Crippen LogP contribution in [-0.2, 0) is 0 Å². The Labute approximate surface area is 208 Å². The van der Waals surface area contributed by atoms with Gasteiger partial charge in [-0.1, -0.05) is 66.7 Å². The minimum absolute atomic E-state index is 0.185. The van der Waals surface area contributed by atoms with Crippen LogP contribution in [0.5, 0.6) is 5.75 Å². The van der Waals surface area contributed by atoms with Gasteiger partial charge in [0.1, 0.15) is 17.1 Å². The SMILES string of the molecule is COc1ccc2ccccc2c1/C=N/NC(=O)c1c(Nc2ccccc2)nn(-c2ccccc2)c1N. The first-order chi connectivity index (χ1) is 17.7. The van der Waals surface area contributed by atoms with Crippen LogP contribution < -0.4 is 21.2 Å². The maximum atomic E-state index is 13.3. The van der Waals surface area contributed by atoms with Crippen molar-refractivity contribution < 1.29 is 9.53 Å². The molecule has 1 aromatic heterocycles. The molecule has 5 aromatic rings. The highest BCUT2D eigenvalue weighted by molar-refractivity contribution is 6.06. The summed E-state index contributed by atoms with van der Waals surface area (Å²) in [4.78, 5) is 13.3. The van der Waals surface area contributed by atoms with Gasteiger partial charge in [-0.3, -0.25) is 4.79 Å². The number of para-hydroxylation sites is 2. The molecule has 0 saturated heterocycles. The Bertz CT molecular complexity index is 1550. The summed E-state index contributed by atoms with van der Waals surface area (Å²) in [6, 6.07) is 30.6. The molecule has 4 aromatic carbocycles. The van der Waals surface area contributed by atoms with Crippen LogP contribution in [0.1, 0.15) is 15.9 Å². The molecule has 8 nitrogen and oxygen atoms in total. The molecule has 0 spiro atoms. The molecule has 0 atom stereocenters. The molecule has 0 aliphatic rings. The van der Waals surface area contributed by atoms with Crippen molar-refractivity contribution in [2.24, 2.45) is 5.10 Å². The van der Waals surface area contributed by atoms with E-state index in [1.54, 1.807) is 13.3 Å². The normalized spacial score (nSPS) is 11.0. The van der Waals surface area contributed by atoms with Crippen molar-refractivity contribution in [3.8, 4) is 11.4 Å². The third kappa shape index (κ3) is 4.47. The van der Waals surface area contributed by atoms with Gasteiger partial charge in [-0.25, -0.2) is 10.1 Å². The van der Waals surface area contributed by atoms with Gasteiger partial charge in [-0.15, -0.1) is 5.10 Å². The summed E-state index contributed by atoms with van der Waals surface area (Å²) < 4.78 is 7.03. The summed E-state index contributed by atoms with van der Waals surface area (Å²) in [5, 5.41) is 14.0. The van der Waals surface area contributed by atoms with E-state index >= 15 is 0 Å². The molecular weight excluding hydrogens is 452 g/mol. The number of hydrogen-bond acceptors (Lipinski definition) is 6. The largest absolute Gasteiger partial charge is 0.496 e. The third-order valence-corrected chi connectivity index (χ3v) is 5.70. The number of methoxy groups -OCH3 is 1. The lowest BCUT2D eigenvalue weighted by Gasteiger charge is -2.08. The van der Waals surface area contributed by atoms with Crippen molar-refractivity contribution in [1.82, 2.24) is 15.2 Å². The second-order valence-electron chi connectivity index (χ2n) is 7.95. The highest BCUT2D eigenvalue weighted by atomic mass is 16.5. The van der Waals surface area contributed by atoms with Crippen molar-refractivity contribution in [3.63, 3.8) is 0 Å². The van der Waals surface area contributed by atoms with E-state index in [9.17, 15) is 4.79 Å². The number of aromatic nitrogens is 2. The topological polar surface area (TPSA) is 107 Å². The molecule has 0 aliphatic carbocycles. The van der Waals surface area contributed by atoms with E-state index < -0.39 is 5.91 Å². The van der Waals surface area contributed by atoms with Crippen molar-refractivity contribution in [1.29, 1.82) is 0 Å². The van der Waals surface area contributed by atoms with Crippen molar-refractivity contribution in [2.45, 2.75) is 0 Å². The van der Waals surface area contributed by atoms with E-state index in [0.29, 0.717) is 11.6 Å². The zero-order valence-corrected chi connectivity index (χ0v) is 19.6. The van der Waals surface area contributed by atoms with Crippen molar-refractivity contribution in [3.05, 3.63) is 108 Å². The van der Waals surface area contributed by atoms with Crippen LogP contribution in [0.15, 0.2) is 102 Å². The van der Waals surface area contributed by atoms with Gasteiger partial charge >= 0.3 is 0 Å². The minimum atomic E-state index is -0.497. The predicted octanol–water partition coefficient (Wildman–Crippen LogP) is 5.12. The summed E-state index contributed by atoms with van der Waals surface area (Å²) in [5.41, 5.74) is 11.5. The van der Waals surface area contributed by atoms with Gasteiger partial charge in [-0.05, 0) is 41.1 Å². The number of benzene rings is 4. The van der Waals surface area contributed by atoms with Gasteiger partial charge in [0.25, 0.3) is 5.91 Å². The number of anilines is 3. The van der Waals surface area contributed by atoms with Gasteiger partial charge in [0.05, 0.1) is 19.0 Å². The quantitative estimate of drug-likeness (QED) is 0.223. The van der Waals surface area contributed by atoms with Gasteiger partial charge in [-0.2, -0.15) is 5.10 Å². The Morgan fingerprint density at radius 3 is 2.39 bits per heavy atom. The number of amides is 1. The number of hydrogen-bond donors (Lipinski definition) is 3. The summed E-state index contributed by atoms with van der Waals surface area (Å²) in [7, 11) is 1.60. The lowest BCUT2D eigenvalue weighted by molar-refractivity contribution is 0.0957. The highest BCUT2D eigenvalue weighted by Gasteiger charge is 2.23. The molecule has 0 bridgehead atoms. The number of carbonyl (C=O) groups is 1. The summed E-state index contributed by atoms with van der Waals surface area (Å²) in [6.45, 7) is 0. The van der Waals surface area contributed by atoms with Gasteiger partial charge in [0.2, 0.25) is 0 Å². The molecule has 0 radical (unpaired) electrons. The molecule has 178 valence electrons. The van der Waals surface area contributed by atoms with Crippen LogP contribution >= 0.6 is 0 Å². The van der Waals surface area contributed by atoms with E-state index in [1.165, 1.54) is 4.68 Å². The first-order valence-electron chi connectivity index (χ1n) is 11.3. The lowest BCUT2D eigenvalue weighted by Crippen LogP contribution is -2.20. The first-order valence-corrected chi connectivity index (χ1v) is 11.3. The molecule has 36 heavy (non-hydrogen) atoms. The van der Waals surface area contributed by atoms with Gasteiger partial charge in [0, 0.05) is 11.3 Å². The lowest BCUT2D eigenvalue weighted by atomic mass is 10.0. The Kier molecular flexibility index (Phi) is 6.31. The van der Waals surface area contributed by atoms with Crippen LogP contribution in [-0.4, -0.2) is 29.0 Å². The van der Waals surface area contributed by atoms with E-state index in [1.807, 2.05) is 97.1 Å². The number of fused-ring (bicyclic) bond motifs is 1. The van der Waals surface area contributed by atoms with E-state index in [-0.39, 0.29) is 11.4 Å². The number of nitrogens with two attached hydrogens (primary N) is 1. The average Bonchev–Trinajstić information content (AvgIpc) is 3.25. The van der Waals surface area contributed by atoms with Crippen LogP contribution in [0.25, 0.3) is 16.5 Å². The summed E-state index contributed by atoms with van der Waals surface area (Å²) in [5.74, 6) is 0.658. The standard InChI is InChI=1S/C28H24N6O2/c1-36-24-17-16-19-10-8-9-15-22(19)23(24)18-30-32-28(35)25-26(29)34(21-13-6-3-7-14-21)33-27(25)31-20-11-4-2-5-12-20/h2-18H,29H2,1H3,(H,31,33)(H,32,35)/b30-18+. The third-order valence-electron chi connectivity index (χ3n) is 5.70. The minimum Gasteiger partial charge on any atom is -0.496 e. The van der Waals surface area contributed by atoms with Crippen LogP contribution in [0.4, 0.5) is 17.3 Å². The summed E-state index contributed by atoms with van der Waals surface area (Å²) in [6.07, 6.45) is 1.57. The maximum Gasteiger partial charge on any atom is 0.278 e. The molecule has 4 N–H and O–H groups in total. The van der Waals surface area contributed by atoms with E-state index in [2.05, 4.69) is 20.9 Å². The number of carbonyl (C=O) groups excluding carboxylic acids is 1. The molecule has 0 saturated carbocycles. The summed E-state index contributed by atoms with van der Waals surface area (Å²) >= 11 is 0. The Hall–Kier alpha value is -5.11. The number of ether oxygens (including phenoxy) is 1. The molecular formula is C28H24N6O2.